The van der Waals surface area contributed by atoms with Gasteiger partial charge in [0, 0.05) is 0 Å². The van der Waals surface area contributed by atoms with Gasteiger partial charge in [0.15, 0.2) is 0 Å². The molecule has 0 spiro atoms. The van der Waals surface area contributed by atoms with E-state index < -0.39 is 24.2 Å². The van der Waals surface area contributed by atoms with Crippen LogP contribution in [0.5, 0.6) is 0 Å². The lowest BCUT2D eigenvalue weighted by atomic mass is 10.1. The maximum absolute atomic E-state index is 12.2. The summed E-state index contributed by atoms with van der Waals surface area (Å²) in [5.74, 6) is -1.37. The number of carbonyl (C=O) groups is 1. The minimum Gasteiger partial charge on any atom is -0.467 e. The van der Waals surface area contributed by atoms with E-state index in [2.05, 4.69) is 4.74 Å². The zero-order valence-electron chi connectivity index (χ0n) is 5.98. The van der Waals surface area contributed by atoms with Crippen LogP contribution in [0.1, 0.15) is 0 Å². The predicted molar refractivity (Wildman–Crippen MR) is 33.4 cm³/mol. The van der Waals surface area contributed by atoms with E-state index >= 15 is 0 Å². The van der Waals surface area contributed by atoms with Crippen molar-refractivity contribution in [1.82, 2.24) is 4.42 Å². The maximum atomic E-state index is 12.2. The topological polar surface area (TPSA) is 29.3 Å². The van der Waals surface area contributed by atoms with Crippen LogP contribution in [0.25, 0.3) is 0 Å². The van der Waals surface area contributed by atoms with E-state index in [1.54, 1.807) is 0 Å². The number of esters is 1. The number of alkyl halides is 3. The van der Waals surface area contributed by atoms with E-state index in [1.807, 2.05) is 0 Å². The molecule has 0 aliphatic carbocycles. The monoisotopic (exact) mass is 203 g/mol. The number of halogens is 4. The van der Waals surface area contributed by atoms with Gasteiger partial charge in [0.25, 0.3) is 0 Å². The van der Waals surface area contributed by atoms with Crippen molar-refractivity contribution in [1.29, 1.82) is 0 Å². The summed E-state index contributed by atoms with van der Waals surface area (Å²) < 4.78 is 40.8. The summed E-state index contributed by atoms with van der Waals surface area (Å²) in [6.07, 6.45) is -4.68. The van der Waals surface area contributed by atoms with E-state index in [-0.39, 0.29) is 0 Å². The SMILES string of the molecule is COC(=O)[C@@]1(C(F)(F)F)CN1Cl. The van der Waals surface area contributed by atoms with Crippen molar-refractivity contribution in [3.05, 3.63) is 0 Å². The second kappa shape index (κ2) is 2.50. The van der Waals surface area contributed by atoms with Gasteiger partial charge in [0.1, 0.15) is 0 Å². The number of hydrogen-bond donors (Lipinski definition) is 0. The molecular weight excluding hydrogens is 199 g/mol. The molecule has 0 amide bonds. The van der Waals surface area contributed by atoms with Gasteiger partial charge in [0.2, 0.25) is 5.54 Å². The standard InChI is InChI=1S/C5H5ClF3NO2/c1-12-3(11)4(2-10(4)6)5(7,8)9/h2H2,1H3/t4-,10?/m1/s1. The molecule has 0 aromatic carbocycles. The van der Waals surface area contributed by atoms with Gasteiger partial charge in [0.05, 0.1) is 13.7 Å². The molecule has 0 radical (unpaired) electrons. The second-order valence-corrected chi connectivity index (χ2v) is 2.78. The zero-order valence-corrected chi connectivity index (χ0v) is 6.74. The molecule has 2 atom stereocenters. The van der Waals surface area contributed by atoms with Gasteiger partial charge >= 0.3 is 12.1 Å². The molecule has 12 heavy (non-hydrogen) atoms. The lowest BCUT2D eigenvalue weighted by Gasteiger charge is -2.15. The van der Waals surface area contributed by atoms with Crippen LogP contribution in [-0.2, 0) is 9.53 Å². The third kappa shape index (κ3) is 1.06. The molecule has 0 aromatic rings. The molecule has 1 heterocycles. The highest BCUT2D eigenvalue weighted by molar-refractivity contribution is 6.18. The number of nitrogens with zero attached hydrogens (tertiary/aromatic N) is 1. The van der Waals surface area contributed by atoms with E-state index in [0.717, 1.165) is 7.11 Å². The molecule has 0 aromatic heterocycles. The summed E-state index contributed by atoms with van der Waals surface area (Å²) in [5, 5.41) is 0. The van der Waals surface area contributed by atoms with Crippen molar-refractivity contribution in [3.8, 4) is 0 Å². The quantitative estimate of drug-likeness (QED) is 0.361. The summed E-state index contributed by atoms with van der Waals surface area (Å²) in [4.78, 5) is 10.7. The smallest absolute Gasteiger partial charge is 0.420 e. The molecule has 7 heteroatoms. The summed E-state index contributed by atoms with van der Waals surface area (Å²) >= 11 is 5.08. The van der Waals surface area contributed by atoms with Gasteiger partial charge in [-0.3, -0.25) is 0 Å². The molecule has 1 aliphatic rings. The summed E-state index contributed by atoms with van der Waals surface area (Å²) in [6.45, 7) is -0.551. The van der Waals surface area contributed by atoms with Gasteiger partial charge in [-0.25, -0.2) is 4.79 Å². The van der Waals surface area contributed by atoms with E-state index in [4.69, 9.17) is 11.8 Å². The molecule has 0 bridgehead atoms. The first-order valence-corrected chi connectivity index (χ1v) is 3.28. The Morgan fingerprint density at radius 2 is 2.08 bits per heavy atom. The largest absolute Gasteiger partial charge is 0.467 e. The number of methoxy groups -OCH3 is 1. The van der Waals surface area contributed by atoms with E-state index in [9.17, 15) is 18.0 Å². The first-order chi connectivity index (χ1) is 5.36. The lowest BCUT2D eigenvalue weighted by Crippen LogP contribution is -2.43. The van der Waals surface area contributed by atoms with Crippen LogP contribution in [0.3, 0.4) is 0 Å². The Morgan fingerprint density at radius 3 is 2.17 bits per heavy atom. The van der Waals surface area contributed by atoms with E-state index in [1.165, 1.54) is 0 Å². The molecular formula is C5H5ClF3NO2. The van der Waals surface area contributed by atoms with Gasteiger partial charge in [-0.1, -0.05) is 0 Å². The molecule has 1 unspecified atom stereocenters. The summed E-state index contributed by atoms with van der Waals surface area (Å²) in [7, 11) is 0.888. The van der Waals surface area contributed by atoms with Crippen molar-refractivity contribution in [2.45, 2.75) is 11.7 Å². The summed E-state index contributed by atoms with van der Waals surface area (Å²) in [6, 6.07) is 0. The van der Waals surface area contributed by atoms with Gasteiger partial charge in [-0.05, 0) is 11.8 Å². The minimum atomic E-state index is -4.68. The Hall–Kier alpha value is -0.490. The normalized spacial score (nSPS) is 34.6. The van der Waals surface area contributed by atoms with Crippen LogP contribution in [0.15, 0.2) is 0 Å². The van der Waals surface area contributed by atoms with Crippen LogP contribution < -0.4 is 0 Å². The minimum absolute atomic E-state index is 0.374. The fourth-order valence-corrected chi connectivity index (χ4v) is 1.18. The number of ether oxygens (including phenoxy) is 1. The number of hydrogen-bond acceptors (Lipinski definition) is 3. The fourth-order valence-electron chi connectivity index (χ4n) is 0.841. The van der Waals surface area contributed by atoms with Crippen molar-refractivity contribution < 1.29 is 22.7 Å². The predicted octanol–water partition coefficient (Wildman–Crippen LogP) is 0.930. The van der Waals surface area contributed by atoms with Gasteiger partial charge in [-0.15, -0.1) is 0 Å². The van der Waals surface area contributed by atoms with Gasteiger partial charge in [-0.2, -0.15) is 17.6 Å². The third-order valence-corrected chi connectivity index (χ3v) is 2.08. The Balaban J connectivity index is 2.87. The number of carbonyl (C=O) groups excluding carboxylic acids is 1. The number of rotatable bonds is 1. The van der Waals surface area contributed by atoms with Crippen LogP contribution in [0.2, 0.25) is 0 Å². The van der Waals surface area contributed by atoms with Crippen molar-refractivity contribution in [2.24, 2.45) is 0 Å². The highest BCUT2D eigenvalue weighted by Gasteiger charge is 2.76. The molecule has 70 valence electrons. The Morgan fingerprint density at radius 1 is 1.67 bits per heavy atom. The molecule has 1 aliphatic heterocycles. The molecule has 1 rings (SSSR count). The van der Waals surface area contributed by atoms with Crippen LogP contribution >= 0.6 is 11.8 Å². The Labute approximate surface area is 71.1 Å². The summed E-state index contributed by atoms with van der Waals surface area (Å²) in [5.41, 5.74) is -2.61. The Bertz CT molecular complexity index is 219. The maximum Gasteiger partial charge on any atom is 0.420 e. The van der Waals surface area contributed by atoms with E-state index in [0.29, 0.717) is 4.42 Å². The average Bonchev–Trinajstić information content (AvgIpc) is 2.60. The molecule has 1 fully saturated rings. The first-order valence-electron chi connectivity index (χ1n) is 2.95. The van der Waals surface area contributed by atoms with Crippen LogP contribution in [0, 0.1) is 0 Å². The fraction of sp³-hybridized carbons (Fsp3) is 0.800. The highest BCUT2D eigenvalue weighted by atomic mass is 35.5. The van der Waals surface area contributed by atoms with Gasteiger partial charge < -0.3 is 4.74 Å². The molecule has 1 saturated heterocycles. The zero-order chi connectivity index (χ0) is 9.57. The lowest BCUT2D eigenvalue weighted by molar-refractivity contribution is -0.189. The van der Waals surface area contributed by atoms with Crippen molar-refractivity contribution in [2.75, 3.05) is 13.7 Å². The average molecular weight is 204 g/mol. The highest BCUT2D eigenvalue weighted by Crippen LogP contribution is 2.48. The molecule has 3 nitrogen and oxygen atoms in total. The first kappa shape index (κ1) is 9.60. The third-order valence-electron chi connectivity index (χ3n) is 1.67. The van der Waals surface area contributed by atoms with Crippen LogP contribution in [-0.4, -0.2) is 35.8 Å². The van der Waals surface area contributed by atoms with Crippen molar-refractivity contribution in [3.63, 3.8) is 0 Å². The van der Waals surface area contributed by atoms with Crippen LogP contribution in [0.4, 0.5) is 13.2 Å². The molecule has 0 N–H and O–H groups in total. The van der Waals surface area contributed by atoms with Crippen molar-refractivity contribution >= 4 is 17.7 Å². The Kier molecular flexibility index (Phi) is 2.00. The molecule has 0 saturated carbocycles. The second-order valence-electron chi connectivity index (χ2n) is 2.37.